The summed E-state index contributed by atoms with van der Waals surface area (Å²) in [7, 11) is 0. The Balaban J connectivity index is 2.36. The molecule has 0 amide bonds. The van der Waals surface area contributed by atoms with Crippen molar-refractivity contribution in [1.29, 1.82) is 0 Å². The predicted molar refractivity (Wildman–Crippen MR) is 73.0 cm³/mol. The summed E-state index contributed by atoms with van der Waals surface area (Å²) in [4.78, 5) is 16.0. The molecule has 4 heteroatoms. The maximum absolute atomic E-state index is 11.4. The van der Waals surface area contributed by atoms with Gasteiger partial charge in [0.15, 0.2) is 5.75 Å². The SMILES string of the molecule is CCC(=O)Oc1cc(C)sc1-c1ccc(C)s1. The molecule has 0 spiro atoms. The number of carbonyl (C=O) groups excluding carboxylic acids is 1. The number of hydrogen-bond donors (Lipinski definition) is 0. The van der Waals surface area contributed by atoms with Gasteiger partial charge in [0.1, 0.15) is 0 Å². The normalized spacial score (nSPS) is 10.5. The highest BCUT2D eigenvalue weighted by Crippen LogP contribution is 2.41. The molecule has 0 fully saturated rings. The van der Waals surface area contributed by atoms with Crippen molar-refractivity contribution in [2.45, 2.75) is 27.2 Å². The Labute approximate surface area is 109 Å². The summed E-state index contributed by atoms with van der Waals surface area (Å²) in [5.74, 6) is 0.513. The van der Waals surface area contributed by atoms with Crippen LogP contribution in [0, 0.1) is 13.8 Å². The molecule has 90 valence electrons. The Hall–Kier alpha value is -1.13. The van der Waals surface area contributed by atoms with Crippen LogP contribution in [-0.4, -0.2) is 5.97 Å². The fraction of sp³-hybridized carbons (Fsp3) is 0.308. The fourth-order valence-corrected chi connectivity index (χ4v) is 3.41. The zero-order valence-corrected chi connectivity index (χ0v) is 11.7. The van der Waals surface area contributed by atoms with E-state index in [0.717, 1.165) is 9.75 Å². The van der Waals surface area contributed by atoms with E-state index in [-0.39, 0.29) is 5.97 Å². The minimum atomic E-state index is -0.183. The van der Waals surface area contributed by atoms with Gasteiger partial charge in [0.25, 0.3) is 0 Å². The van der Waals surface area contributed by atoms with Crippen molar-refractivity contribution in [3.8, 4) is 15.5 Å². The maximum Gasteiger partial charge on any atom is 0.310 e. The van der Waals surface area contributed by atoms with Gasteiger partial charge < -0.3 is 4.74 Å². The van der Waals surface area contributed by atoms with E-state index in [4.69, 9.17) is 4.74 Å². The minimum absolute atomic E-state index is 0.183. The average molecular weight is 266 g/mol. The number of ether oxygens (including phenoxy) is 1. The van der Waals surface area contributed by atoms with Crippen molar-refractivity contribution in [2.75, 3.05) is 0 Å². The van der Waals surface area contributed by atoms with E-state index in [1.54, 1.807) is 29.6 Å². The zero-order valence-electron chi connectivity index (χ0n) is 10.1. The first-order valence-corrected chi connectivity index (χ1v) is 7.11. The van der Waals surface area contributed by atoms with E-state index in [9.17, 15) is 4.79 Å². The monoisotopic (exact) mass is 266 g/mol. The summed E-state index contributed by atoms with van der Waals surface area (Å²) in [5.41, 5.74) is 0. The molecular formula is C13H14O2S2. The highest BCUT2D eigenvalue weighted by molar-refractivity contribution is 7.22. The van der Waals surface area contributed by atoms with Gasteiger partial charge in [0.05, 0.1) is 4.88 Å². The van der Waals surface area contributed by atoms with E-state index in [0.29, 0.717) is 12.2 Å². The number of carbonyl (C=O) groups is 1. The van der Waals surface area contributed by atoms with Gasteiger partial charge >= 0.3 is 5.97 Å². The molecular weight excluding hydrogens is 252 g/mol. The molecule has 0 aromatic carbocycles. The number of hydrogen-bond acceptors (Lipinski definition) is 4. The van der Waals surface area contributed by atoms with Crippen LogP contribution in [0.2, 0.25) is 0 Å². The van der Waals surface area contributed by atoms with Crippen molar-refractivity contribution in [3.63, 3.8) is 0 Å². The lowest BCUT2D eigenvalue weighted by Gasteiger charge is -2.02. The highest BCUT2D eigenvalue weighted by Gasteiger charge is 2.14. The molecule has 2 rings (SSSR count). The van der Waals surface area contributed by atoms with E-state index in [1.807, 2.05) is 13.0 Å². The largest absolute Gasteiger partial charge is 0.425 e. The first-order valence-electron chi connectivity index (χ1n) is 5.48. The Kier molecular flexibility index (Phi) is 3.64. The first kappa shape index (κ1) is 12.3. The van der Waals surface area contributed by atoms with Crippen LogP contribution < -0.4 is 4.74 Å². The van der Waals surface area contributed by atoms with Gasteiger partial charge in [-0.25, -0.2) is 0 Å². The van der Waals surface area contributed by atoms with Crippen LogP contribution in [-0.2, 0) is 4.79 Å². The minimum Gasteiger partial charge on any atom is -0.425 e. The molecule has 0 saturated carbocycles. The third-order valence-electron chi connectivity index (χ3n) is 2.30. The summed E-state index contributed by atoms with van der Waals surface area (Å²) in [6, 6.07) is 6.09. The van der Waals surface area contributed by atoms with Crippen molar-refractivity contribution in [2.24, 2.45) is 0 Å². The molecule has 2 aromatic rings. The van der Waals surface area contributed by atoms with E-state index in [2.05, 4.69) is 19.1 Å². The lowest BCUT2D eigenvalue weighted by atomic mass is 10.3. The van der Waals surface area contributed by atoms with Gasteiger partial charge in [0.2, 0.25) is 0 Å². The number of esters is 1. The summed E-state index contributed by atoms with van der Waals surface area (Å²) in [6.07, 6.45) is 0.401. The molecule has 0 aliphatic rings. The summed E-state index contributed by atoms with van der Waals surface area (Å²) < 4.78 is 5.36. The van der Waals surface area contributed by atoms with Gasteiger partial charge in [0, 0.05) is 21.1 Å². The predicted octanol–water partition coefficient (Wildman–Crippen LogP) is 4.41. The molecule has 17 heavy (non-hydrogen) atoms. The fourth-order valence-electron chi connectivity index (χ4n) is 1.49. The maximum atomic E-state index is 11.4. The molecule has 0 atom stereocenters. The molecule has 0 radical (unpaired) electrons. The molecule has 2 nitrogen and oxygen atoms in total. The molecule has 0 aliphatic carbocycles. The Morgan fingerprint density at radius 2 is 2.00 bits per heavy atom. The van der Waals surface area contributed by atoms with Crippen LogP contribution in [0.1, 0.15) is 23.1 Å². The lowest BCUT2D eigenvalue weighted by Crippen LogP contribution is -2.05. The number of thiophene rings is 2. The first-order chi connectivity index (χ1) is 8.10. The molecule has 2 heterocycles. The Morgan fingerprint density at radius 3 is 2.59 bits per heavy atom. The van der Waals surface area contributed by atoms with Gasteiger partial charge in [-0.1, -0.05) is 6.92 Å². The third-order valence-corrected chi connectivity index (χ3v) is 4.51. The van der Waals surface area contributed by atoms with Gasteiger partial charge in [-0.3, -0.25) is 4.79 Å². The lowest BCUT2D eigenvalue weighted by molar-refractivity contribution is -0.133. The second-order valence-corrected chi connectivity index (χ2v) is 6.33. The molecule has 0 N–H and O–H groups in total. The molecule has 2 aromatic heterocycles. The quantitative estimate of drug-likeness (QED) is 0.769. The standard InChI is InChI=1S/C13H14O2S2/c1-4-12(14)15-10-7-9(3)17-13(10)11-6-5-8(2)16-11/h5-7H,4H2,1-3H3. The van der Waals surface area contributed by atoms with Crippen molar-refractivity contribution < 1.29 is 9.53 Å². The molecule has 0 unspecified atom stereocenters. The van der Waals surface area contributed by atoms with Crippen molar-refractivity contribution in [3.05, 3.63) is 28.0 Å². The second kappa shape index (κ2) is 5.02. The Bertz CT molecular complexity index is 537. The van der Waals surface area contributed by atoms with Crippen molar-refractivity contribution >= 4 is 28.6 Å². The van der Waals surface area contributed by atoms with Gasteiger partial charge in [-0.05, 0) is 32.0 Å². The van der Waals surface area contributed by atoms with Gasteiger partial charge in [-0.15, -0.1) is 22.7 Å². The van der Waals surface area contributed by atoms with Crippen LogP contribution in [0.15, 0.2) is 18.2 Å². The molecule has 0 saturated heterocycles. The second-order valence-electron chi connectivity index (χ2n) is 3.79. The number of rotatable bonds is 3. The van der Waals surface area contributed by atoms with Crippen molar-refractivity contribution in [1.82, 2.24) is 0 Å². The highest BCUT2D eigenvalue weighted by atomic mass is 32.1. The summed E-state index contributed by atoms with van der Waals surface area (Å²) >= 11 is 3.39. The average Bonchev–Trinajstić information content (AvgIpc) is 2.85. The Morgan fingerprint density at radius 1 is 1.24 bits per heavy atom. The molecule has 0 bridgehead atoms. The van der Waals surface area contributed by atoms with Gasteiger partial charge in [-0.2, -0.15) is 0 Å². The van der Waals surface area contributed by atoms with Crippen LogP contribution >= 0.6 is 22.7 Å². The van der Waals surface area contributed by atoms with E-state index < -0.39 is 0 Å². The molecule has 0 aliphatic heterocycles. The van der Waals surface area contributed by atoms with Crippen LogP contribution in [0.3, 0.4) is 0 Å². The topological polar surface area (TPSA) is 26.3 Å². The zero-order chi connectivity index (χ0) is 12.4. The van der Waals surface area contributed by atoms with Crippen LogP contribution in [0.4, 0.5) is 0 Å². The van der Waals surface area contributed by atoms with Crippen LogP contribution in [0.5, 0.6) is 5.75 Å². The summed E-state index contributed by atoms with van der Waals surface area (Å²) in [5, 5.41) is 0. The third kappa shape index (κ3) is 2.76. The van der Waals surface area contributed by atoms with E-state index >= 15 is 0 Å². The van der Waals surface area contributed by atoms with E-state index in [1.165, 1.54) is 9.75 Å². The summed E-state index contributed by atoms with van der Waals surface area (Å²) in [6.45, 7) is 5.90. The van der Waals surface area contributed by atoms with Crippen LogP contribution in [0.25, 0.3) is 9.75 Å². The smallest absolute Gasteiger partial charge is 0.310 e. The number of aryl methyl sites for hydroxylation is 2.